The highest BCUT2D eigenvalue weighted by molar-refractivity contribution is 9.08. The lowest BCUT2D eigenvalue weighted by atomic mass is 10.4. The molecule has 0 bridgehead atoms. The van der Waals surface area contributed by atoms with Crippen LogP contribution < -0.4 is 0 Å². The van der Waals surface area contributed by atoms with Gasteiger partial charge in [-0.25, -0.2) is 15.0 Å². The van der Waals surface area contributed by atoms with Gasteiger partial charge < -0.3 is 0 Å². The molecule has 14 heavy (non-hydrogen) atoms. The first-order chi connectivity index (χ1) is 6.81. The van der Waals surface area contributed by atoms with Gasteiger partial charge in [-0.1, -0.05) is 15.9 Å². The van der Waals surface area contributed by atoms with Crippen molar-refractivity contribution in [1.29, 1.82) is 0 Å². The average Bonchev–Trinajstić information content (AvgIpc) is 2.65. The fourth-order valence-electron chi connectivity index (χ4n) is 1.13. The number of rotatable bonds is 2. The minimum absolute atomic E-state index is 0.657. The van der Waals surface area contributed by atoms with Gasteiger partial charge in [-0.2, -0.15) is 0 Å². The van der Waals surface area contributed by atoms with E-state index in [1.54, 1.807) is 18.6 Å². The number of hydrogen-bond donors (Lipinski definition) is 0. The van der Waals surface area contributed by atoms with Crippen LogP contribution in [0.25, 0.3) is 5.95 Å². The molecule has 0 saturated carbocycles. The molecule has 0 N–H and O–H groups in total. The van der Waals surface area contributed by atoms with Gasteiger partial charge in [0, 0.05) is 30.1 Å². The molecule has 0 unspecified atom stereocenters. The van der Waals surface area contributed by atoms with Crippen molar-refractivity contribution in [3.63, 3.8) is 0 Å². The summed E-state index contributed by atoms with van der Waals surface area (Å²) in [4.78, 5) is 12.6. The molecule has 2 rings (SSSR count). The van der Waals surface area contributed by atoms with E-state index in [0.717, 1.165) is 16.7 Å². The quantitative estimate of drug-likeness (QED) is 0.767. The summed E-state index contributed by atoms with van der Waals surface area (Å²) in [6.07, 6.45) is 7.18. The Morgan fingerprint density at radius 2 is 2.00 bits per heavy atom. The Hall–Kier alpha value is -1.23. The molecule has 0 aliphatic heterocycles. The highest BCUT2D eigenvalue weighted by Gasteiger charge is 2.02. The average molecular weight is 253 g/mol. The summed E-state index contributed by atoms with van der Waals surface area (Å²) in [5.74, 6) is 1.54. The van der Waals surface area contributed by atoms with Gasteiger partial charge >= 0.3 is 0 Å². The summed E-state index contributed by atoms with van der Waals surface area (Å²) < 4.78 is 1.85. The van der Waals surface area contributed by atoms with E-state index in [9.17, 15) is 0 Å². The van der Waals surface area contributed by atoms with Crippen LogP contribution in [-0.4, -0.2) is 19.5 Å². The third-order valence-corrected chi connectivity index (χ3v) is 2.53. The molecule has 0 radical (unpaired) electrons. The summed E-state index contributed by atoms with van der Waals surface area (Å²) in [7, 11) is 0. The van der Waals surface area contributed by atoms with E-state index in [1.807, 2.05) is 17.7 Å². The number of hydrogen-bond acceptors (Lipinski definition) is 3. The summed E-state index contributed by atoms with van der Waals surface area (Å²) in [6.45, 7) is 1.92. The second-order valence-corrected chi connectivity index (χ2v) is 3.43. The van der Waals surface area contributed by atoms with Gasteiger partial charge in [0.25, 0.3) is 0 Å². The molecule has 0 spiro atoms. The van der Waals surface area contributed by atoms with Crippen molar-refractivity contribution in [2.45, 2.75) is 12.3 Å². The zero-order valence-corrected chi connectivity index (χ0v) is 9.27. The van der Waals surface area contributed by atoms with E-state index in [4.69, 9.17) is 0 Å². The monoisotopic (exact) mass is 252 g/mol. The van der Waals surface area contributed by atoms with Crippen LogP contribution >= 0.6 is 15.9 Å². The van der Waals surface area contributed by atoms with Crippen LogP contribution in [0.1, 0.15) is 11.4 Å². The number of imidazole rings is 1. The van der Waals surface area contributed by atoms with Crippen LogP contribution in [0.3, 0.4) is 0 Å². The molecular formula is C9H9BrN4. The van der Waals surface area contributed by atoms with E-state index in [2.05, 4.69) is 30.9 Å². The molecule has 0 aromatic carbocycles. The molecule has 0 saturated heterocycles. The fourth-order valence-corrected chi connectivity index (χ4v) is 1.42. The predicted molar refractivity (Wildman–Crippen MR) is 56.5 cm³/mol. The van der Waals surface area contributed by atoms with E-state index in [0.29, 0.717) is 5.95 Å². The normalized spacial score (nSPS) is 10.4. The molecule has 0 aliphatic rings. The van der Waals surface area contributed by atoms with Crippen molar-refractivity contribution in [3.8, 4) is 5.95 Å². The lowest BCUT2D eigenvalue weighted by molar-refractivity contribution is 0.877. The van der Waals surface area contributed by atoms with Crippen LogP contribution in [0.2, 0.25) is 0 Å². The molecular weight excluding hydrogens is 244 g/mol. The second kappa shape index (κ2) is 3.88. The van der Waals surface area contributed by atoms with E-state index in [-0.39, 0.29) is 0 Å². The molecule has 5 heteroatoms. The van der Waals surface area contributed by atoms with Crippen molar-refractivity contribution in [3.05, 3.63) is 36.2 Å². The number of aromatic nitrogens is 4. The van der Waals surface area contributed by atoms with Gasteiger partial charge in [0.2, 0.25) is 5.95 Å². The first-order valence-corrected chi connectivity index (χ1v) is 5.30. The lowest BCUT2D eigenvalue weighted by Crippen LogP contribution is -2.01. The standard InChI is InChI=1S/C9H9BrN4/c1-7-11-2-3-14(7)9-12-5-8(4-10)6-13-9/h2-3,5-6H,4H2,1H3. The van der Waals surface area contributed by atoms with Crippen LogP contribution in [0.15, 0.2) is 24.8 Å². The van der Waals surface area contributed by atoms with Crippen LogP contribution in [0, 0.1) is 6.92 Å². The maximum atomic E-state index is 4.23. The summed E-state index contributed by atoms with van der Waals surface area (Å²) in [6, 6.07) is 0. The minimum Gasteiger partial charge on any atom is -0.272 e. The Morgan fingerprint density at radius 3 is 2.50 bits per heavy atom. The second-order valence-electron chi connectivity index (χ2n) is 2.87. The predicted octanol–water partition coefficient (Wildman–Crippen LogP) is 1.87. The van der Waals surface area contributed by atoms with Crippen molar-refractivity contribution in [1.82, 2.24) is 19.5 Å². The van der Waals surface area contributed by atoms with Gasteiger partial charge in [-0.05, 0) is 12.5 Å². The van der Waals surface area contributed by atoms with Gasteiger partial charge in [-0.15, -0.1) is 0 Å². The summed E-state index contributed by atoms with van der Waals surface area (Å²) in [5.41, 5.74) is 1.06. The lowest BCUT2D eigenvalue weighted by Gasteiger charge is -2.02. The highest BCUT2D eigenvalue weighted by atomic mass is 79.9. The third kappa shape index (κ3) is 1.68. The van der Waals surface area contributed by atoms with Crippen LogP contribution in [0.4, 0.5) is 0 Å². The largest absolute Gasteiger partial charge is 0.272 e. The molecule has 4 nitrogen and oxygen atoms in total. The smallest absolute Gasteiger partial charge is 0.235 e. The minimum atomic E-state index is 0.657. The van der Waals surface area contributed by atoms with Gasteiger partial charge in [0.1, 0.15) is 5.82 Å². The molecule has 0 fully saturated rings. The van der Waals surface area contributed by atoms with E-state index < -0.39 is 0 Å². The first-order valence-electron chi connectivity index (χ1n) is 4.18. The molecule has 2 aromatic rings. The summed E-state index contributed by atoms with van der Waals surface area (Å²) in [5, 5.41) is 0.774. The van der Waals surface area contributed by atoms with Gasteiger partial charge in [-0.3, -0.25) is 4.57 Å². The zero-order chi connectivity index (χ0) is 9.97. The number of nitrogens with zero attached hydrogens (tertiary/aromatic N) is 4. The van der Waals surface area contributed by atoms with Crippen molar-refractivity contribution >= 4 is 15.9 Å². The first kappa shape index (κ1) is 9.33. The Bertz CT molecular complexity index is 421. The Labute approximate surface area is 90.2 Å². The van der Waals surface area contributed by atoms with Crippen molar-refractivity contribution in [2.24, 2.45) is 0 Å². The van der Waals surface area contributed by atoms with Crippen LogP contribution in [0.5, 0.6) is 0 Å². The molecule has 0 aliphatic carbocycles. The number of halogens is 1. The highest BCUT2D eigenvalue weighted by Crippen LogP contribution is 2.06. The molecule has 2 aromatic heterocycles. The Balaban J connectivity index is 2.39. The third-order valence-electron chi connectivity index (χ3n) is 1.89. The maximum Gasteiger partial charge on any atom is 0.235 e. The number of alkyl halides is 1. The molecule has 2 heterocycles. The number of aryl methyl sites for hydroxylation is 1. The molecule has 0 amide bonds. The summed E-state index contributed by atoms with van der Waals surface area (Å²) >= 11 is 3.35. The Morgan fingerprint density at radius 1 is 1.29 bits per heavy atom. The Kier molecular flexibility index (Phi) is 2.58. The molecule has 0 atom stereocenters. The topological polar surface area (TPSA) is 43.6 Å². The van der Waals surface area contributed by atoms with Gasteiger partial charge in [0.05, 0.1) is 0 Å². The SMILES string of the molecule is Cc1nccn1-c1ncc(CBr)cn1. The van der Waals surface area contributed by atoms with Gasteiger partial charge in [0.15, 0.2) is 0 Å². The van der Waals surface area contributed by atoms with Crippen molar-refractivity contribution < 1.29 is 0 Å². The van der Waals surface area contributed by atoms with Crippen molar-refractivity contribution in [2.75, 3.05) is 0 Å². The fraction of sp³-hybridized carbons (Fsp3) is 0.222. The maximum absolute atomic E-state index is 4.23. The van der Waals surface area contributed by atoms with Crippen LogP contribution in [-0.2, 0) is 5.33 Å². The van der Waals surface area contributed by atoms with E-state index in [1.165, 1.54) is 0 Å². The zero-order valence-electron chi connectivity index (χ0n) is 7.68. The van der Waals surface area contributed by atoms with E-state index >= 15 is 0 Å². The molecule has 72 valence electrons.